The molecule has 3 rings (SSSR count). The van der Waals surface area contributed by atoms with Crippen molar-refractivity contribution < 1.29 is 4.52 Å². The van der Waals surface area contributed by atoms with Crippen molar-refractivity contribution in [3.63, 3.8) is 0 Å². The molecule has 1 saturated heterocycles. The van der Waals surface area contributed by atoms with Crippen LogP contribution in [0.25, 0.3) is 11.4 Å². The molecule has 1 N–H and O–H groups in total. The maximum Gasteiger partial charge on any atom is 0.227 e. The van der Waals surface area contributed by atoms with Gasteiger partial charge in [0.15, 0.2) is 0 Å². The van der Waals surface area contributed by atoms with E-state index in [1.807, 2.05) is 12.1 Å². The number of aryl methyl sites for hydroxylation is 1. The van der Waals surface area contributed by atoms with Crippen LogP contribution in [0, 0.1) is 12.8 Å². The molecule has 0 saturated carbocycles. The molecule has 1 fully saturated rings. The van der Waals surface area contributed by atoms with Gasteiger partial charge in [-0.2, -0.15) is 4.98 Å². The van der Waals surface area contributed by atoms with E-state index in [1.165, 1.54) is 18.4 Å². The average Bonchev–Trinajstić information content (AvgIpc) is 2.89. The van der Waals surface area contributed by atoms with Gasteiger partial charge in [-0.1, -0.05) is 35.0 Å². The van der Waals surface area contributed by atoms with E-state index in [2.05, 4.69) is 34.5 Å². The molecule has 0 radical (unpaired) electrons. The second-order valence-electron chi connectivity index (χ2n) is 5.29. The van der Waals surface area contributed by atoms with Gasteiger partial charge in [-0.15, -0.1) is 0 Å². The molecule has 4 nitrogen and oxygen atoms in total. The van der Waals surface area contributed by atoms with Gasteiger partial charge in [-0.25, -0.2) is 0 Å². The largest absolute Gasteiger partial charge is 0.339 e. The number of aromatic nitrogens is 2. The van der Waals surface area contributed by atoms with E-state index >= 15 is 0 Å². The van der Waals surface area contributed by atoms with Crippen LogP contribution in [0.15, 0.2) is 28.8 Å². The van der Waals surface area contributed by atoms with Crippen LogP contribution in [-0.4, -0.2) is 23.2 Å². The maximum atomic E-state index is 5.36. The highest BCUT2D eigenvalue weighted by atomic mass is 16.5. The summed E-state index contributed by atoms with van der Waals surface area (Å²) in [5, 5.41) is 7.49. The van der Waals surface area contributed by atoms with E-state index in [0.717, 1.165) is 31.0 Å². The van der Waals surface area contributed by atoms with Gasteiger partial charge < -0.3 is 9.84 Å². The fourth-order valence-electron chi connectivity index (χ4n) is 2.50. The van der Waals surface area contributed by atoms with E-state index < -0.39 is 0 Å². The Bertz CT molecular complexity index is 527. The summed E-state index contributed by atoms with van der Waals surface area (Å²) in [6, 6.07) is 8.20. The Morgan fingerprint density at radius 3 is 2.89 bits per heavy atom. The molecule has 0 amide bonds. The predicted octanol–water partition coefficient (Wildman–Crippen LogP) is 2.59. The maximum absolute atomic E-state index is 5.36. The number of nitrogens with one attached hydrogen (secondary N) is 1. The van der Waals surface area contributed by atoms with Gasteiger partial charge in [0.2, 0.25) is 11.7 Å². The van der Waals surface area contributed by atoms with Gasteiger partial charge in [0.25, 0.3) is 0 Å². The number of hydrogen-bond donors (Lipinski definition) is 1. The first-order valence-electron chi connectivity index (χ1n) is 6.91. The molecule has 19 heavy (non-hydrogen) atoms. The molecule has 2 aromatic rings. The molecule has 0 bridgehead atoms. The first-order valence-corrected chi connectivity index (χ1v) is 6.91. The Morgan fingerprint density at radius 2 is 2.16 bits per heavy atom. The molecule has 1 atom stereocenters. The molecule has 1 aliphatic rings. The first-order chi connectivity index (χ1) is 9.31. The summed E-state index contributed by atoms with van der Waals surface area (Å²) in [5.74, 6) is 2.07. The van der Waals surface area contributed by atoms with E-state index in [4.69, 9.17) is 4.52 Å². The van der Waals surface area contributed by atoms with Gasteiger partial charge in [0, 0.05) is 12.0 Å². The van der Waals surface area contributed by atoms with Gasteiger partial charge in [0.1, 0.15) is 0 Å². The Balaban J connectivity index is 1.70. The summed E-state index contributed by atoms with van der Waals surface area (Å²) < 4.78 is 5.36. The molecule has 0 aliphatic carbocycles. The minimum atomic E-state index is 0.625. The van der Waals surface area contributed by atoms with Crippen LogP contribution in [-0.2, 0) is 6.42 Å². The average molecular weight is 257 g/mol. The Labute approximate surface area is 113 Å². The third-order valence-electron chi connectivity index (χ3n) is 3.64. The first kappa shape index (κ1) is 12.4. The van der Waals surface area contributed by atoms with Crippen molar-refractivity contribution in [2.75, 3.05) is 13.1 Å². The third kappa shape index (κ3) is 3.01. The molecular formula is C15H19N3O. The molecule has 1 aromatic heterocycles. The van der Waals surface area contributed by atoms with Crippen molar-refractivity contribution in [1.82, 2.24) is 15.5 Å². The second kappa shape index (κ2) is 5.53. The standard InChI is InChI=1S/C15H19N3O/c1-11-4-6-13(7-5-11)15-17-14(19-18-15)9-12-3-2-8-16-10-12/h4-7,12,16H,2-3,8-10H2,1H3. The highest BCUT2D eigenvalue weighted by Gasteiger charge is 2.17. The summed E-state index contributed by atoms with van der Waals surface area (Å²) in [5.41, 5.74) is 2.25. The van der Waals surface area contributed by atoms with Crippen molar-refractivity contribution in [2.24, 2.45) is 5.92 Å². The van der Waals surface area contributed by atoms with E-state index in [-0.39, 0.29) is 0 Å². The molecular weight excluding hydrogens is 238 g/mol. The highest BCUT2D eigenvalue weighted by molar-refractivity contribution is 5.54. The van der Waals surface area contributed by atoms with Gasteiger partial charge in [-0.3, -0.25) is 0 Å². The quantitative estimate of drug-likeness (QED) is 0.918. The van der Waals surface area contributed by atoms with Crippen LogP contribution >= 0.6 is 0 Å². The van der Waals surface area contributed by atoms with Crippen LogP contribution in [0.1, 0.15) is 24.3 Å². The summed E-state index contributed by atoms with van der Waals surface area (Å²) in [7, 11) is 0. The Kier molecular flexibility index (Phi) is 3.60. The molecule has 2 heterocycles. The summed E-state index contributed by atoms with van der Waals surface area (Å²) in [4.78, 5) is 4.50. The van der Waals surface area contributed by atoms with Crippen molar-refractivity contribution >= 4 is 0 Å². The van der Waals surface area contributed by atoms with Crippen molar-refractivity contribution in [3.8, 4) is 11.4 Å². The fraction of sp³-hybridized carbons (Fsp3) is 0.467. The Hall–Kier alpha value is -1.68. The molecule has 1 unspecified atom stereocenters. The van der Waals surface area contributed by atoms with Crippen LogP contribution in [0.5, 0.6) is 0 Å². The number of rotatable bonds is 3. The number of piperidine rings is 1. The van der Waals surface area contributed by atoms with Crippen molar-refractivity contribution in [3.05, 3.63) is 35.7 Å². The zero-order valence-corrected chi connectivity index (χ0v) is 11.2. The molecule has 0 spiro atoms. The van der Waals surface area contributed by atoms with Crippen molar-refractivity contribution in [2.45, 2.75) is 26.2 Å². The lowest BCUT2D eigenvalue weighted by Crippen LogP contribution is -2.30. The minimum absolute atomic E-state index is 0.625. The molecule has 4 heteroatoms. The normalized spacial score (nSPS) is 19.5. The smallest absolute Gasteiger partial charge is 0.227 e. The van der Waals surface area contributed by atoms with Crippen LogP contribution < -0.4 is 5.32 Å². The molecule has 1 aliphatic heterocycles. The molecule has 1 aromatic carbocycles. The monoisotopic (exact) mass is 257 g/mol. The SMILES string of the molecule is Cc1ccc(-c2noc(CC3CCCNC3)n2)cc1. The van der Waals surface area contributed by atoms with Crippen LogP contribution in [0.2, 0.25) is 0 Å². The highest BCUT2D eigenvalue weighted by Crippen LogP contribution is 2.19. The predicted molar refractivity (Wildman–Crippen MR) is 73.8 cm³/mol. The molecule has 100 valence electrons. The van der Waals surface area contributed by atoms with E-state index in [9.17, 15) is 0 Å². The van der Waals surface area contributed by atoms with Gasteiger partial charge >= 0.3 is 0 Å². The van der Waals surface area contributed by atoms with Crippen molar-refractivity contribution in [1.29, 1.82) is 0 Å². The van der Waals surface area contributed by atoms with Gasteiger partial charge in [0.05, 0.1) is 0 Å². The lowest BCUT2D eigenvalue weighted by molar-refractivity contribution is 0.316. The number of benzene rings is 1. The van der Waals surface area contributed by atoms with E-state index in [0.29, 0.717) is 11.7 Å². The lowest BCUT2D eigenvalue weighted by atomic mass is 9.96. The minimum Gasteiger partial charge on any atom is -0.339 e. The summed E-state index contributed by atoms with van der Waals surface area (Å²) in [6.45, 7) is 4.26. The number of hydrogen-bond acceptors (Lipinski definition) is 4. The fourth-order valence-corrected chi connectivity index (χ4v) is 2.50. The second-order valence-corrected chi connectivity index (χ2v) is 5.29. The Morgan fingerprint density at radius 1 is 1.32 bits per heavy atom. The third-order valence-corrected chi connectivity index (χ3v) is 3.64. The van der Waals surface area contributed by atoms with Crippen LogP contribution in [0.4, 0.5) is 0 Å². The summed E-state index contributed by atoms with van der Waals surface area (Å²) in [6.07, 6.45) is 3.37. The lowest BCUT2D eigenvalue weighted by Gasteiger charge is -2.20. The topological polar surface area (TPSA) is 51.0 Å². The van der Waals surface area contributed by atoms with Gasteiger partial charge in [-0.05, 0) is 38.8 Å². The van der Waals surface area contributed by atoms with E-state index in [1.54, 1.807) is 0 Å². The zero-order chi connectivity index (χ0) is 13.1. The zero-order valence-electron chi connectivity index (χ0n) is 11.2. The summed E-state index contributed by atoms with van der Waals surface area (Å²) >= 11 is 0. The van der Waals surface area contributed by atoms with Crippen LogP contribution in [0.3, 0.4) is 0 Å². The number of nitrogens with zero attached hydrogens (tertiary/aromatic N) is 2.